The van der Waals surface area contributed by atoms with Crippen LogP contribution in [0, 0.1) is 0 Å². The predicted molar refractivity (Wildman–Crippen MR) is 133 cm³/mol. The molecular weight excluding hydrogens is 448 g/mol. The van der Waals surface area contributed by atoms with Crippen molar-refractivity contribution in [3.8, 4) is 11.5 Å². The molecule has 186 valence electrons. The minimum atomic E-state index is -0.633. The number of urea groups is 1. The highest BCUT2D eigenvalue weighted by Crippen LogP contribution is 2.30. The number of ether oxygens (including phenoxy) is 3. The molecule has 0 saturated carbocycles. The Bertz CT molecular complexity index is 1090. The molecule has 0 aliphatic carbocycles. The van der Waals surface area contributed by atoms with Gasteiger partial charge in [-0.1, -0.05) is 18.2 Å². The van der Waals surface area contributed by atoms with E-state index in [4.69, 9.17) is 14.2 Å². The van der Waals surface area contributed by atoms with Crippen LogP contribution in [0.4, 0.5) is 10.5 Å². The molecule has 9 nitrogen and oxygen atoms in total. The SMILES string of the molecule is CCOC(=O)C1=C(CN2CCN(c3cccc(OC)c3)CC2)NC(=O)NC1c1cccc(OC)c1. The Hall–Kier alpha value is -3.72. The molecule has 4 rings (SSSR count). The van der Waals surface area contributed by atoms with Gasteiger partial charge in [0.25, 0.3) is 0 Å². The highest BCUT2D eigenvalue weighted by Gasteiger charge is 2.35. The van der Waals surface area contributed by atoms with E-state index in [1.807, 2.05) is 42.5 Å². The van der Waals surface area contributed by atoms with Gasteiger partial charge < -0.3 is 29.7 Å². The highest BCUT2D eigenvalue weighted by atomic mass is 16.5. The Labute approximate surface area is 205 Å². The molecule has 2 amide bonds. The molecule has 1 unspecified atom stereocenters. The van der Waals surface area contributed by atoms with Gasteiger partial charge in [-0.2, -0.15) is 0 Å². The van der Waals surface area contributed by atoms with Gasteiger partial charge in [-0.15, -0.1) is 0 Å². The second-order valence-electron chi connectivity index (χ2n) is 8.39. The van der Waals surface area contributed by atoms with Crippen molar-refractivity contribution >= 4 is 17.7 Å². The zero-order valence-electron chi connectivity index (χ0n) is 20.4. The number of methoxy groups -OCH3 is 2. The van der Waals surface area contributed by atoms with Gasteiger partial charge in [-0.25, -0.2) is 9.59 Å². The van der Waals surface area contributed by atoms with Crippen molar-refractivity contribution in [2.24, 2.45) is 0 Å². The maximum Gasteiger partial charge on any atom is 0.338 e. The standard InChI is InChI=1S/C26H32N4O5/c1-4-35-25(31)23-22(27-26(32)28-24(23)18-7-5-9-20(15-18)33-2)17-29-11-13-30(14-12-29)19-8-6-10-21(16-19)34-3/h5-10,15-16,24H,4,11-14,17H2,1-3H3,(H2,27,28,32). The first-order valence-electron chi connectivity index (χ1n) is 11.7. The normalized spacial score (nSPS) is 18.5. The monoisotopic (exact) mass is 480 g/mol. The lowest BCUT2D eigenvalue weighted by molar-refractivity contribution is -0.139. The van der Waals surface area contributed by atoms with Crippen LogP contribution in [0.3, 0.4) is 0 Å². The fourth-order valence-corrected chi connectivity index (χ4v) is 4.46. The third-order valence-electron chi connectivity index (χ3n) is 6.25. The van der Waals surface area contributed by atoms with Crippen LogP contribution in [0.15, 0.2) is 59.8 Å². The first-order chi connectivity index (χ1) is 17.0. The van der Waals surface area contributed by atoms with Crippen LogP contribution < -0.4 is 25.0 Å². The largest absolute Gasteiger partial charge is 0.497 e. The summed E-state index contributed by atoms with van der Waals surface area (Å²) in [4.78, 5) is 30.2. The summed E-state index contributed by atoms with van der Waals surface area (Å²) in [6, 6.07) is 14.4. The molecule has 2 N–H and O–H groups in total. The van der Waals surface area contributed by atoms with Gasteiger partial charge in [-0.05, 0) is 36.8 Å². The topological polar surface area (TPSA) is 92.4 Å². The van der Waals surface area contributed by atoms with Crippen LogP contribution in [0.5, 0.6) is 11.5 Å². The zero-order valence-corrected chi connectivity index (χ0v) is 20.4. The molecule has 9 heteroatoms. The summed E-state index contributed by atoms with van der Waals surface area (Å²) >= 11 is 0. The molecule has 2 aromatic rings. The lowest BCUT2D eigenvalue weighted by Gasteiger charge is -2.38. The average molecular weight is 481 g/mol. The van der Waals surface area contributed by atoms with Gasteiger partial charge in [0.15, 0.2) is 0 Å². The molecule has 0 aromatic heterocycles. The maximum absolute atomic E-state index is 13.1. The number of nitrogens with one attached hydrogen (secondary N) is 2. The molecule has 0 radical (unpaired) electrons. The van der Waals surface area contributed by atoms with E-state index in [1.165, 1.54) is 0 Å². The fourth-order valence-electron chi connectivity index (χ4n) is 4.46. The molecule has 1 saturated heterocycles. The quantitative estimate of drug-likeness (QED) is 0.562. The number of carbonyl (C=O) groups excluding carboxylic acids is 2. The number of esters is 1. The molecular formula is C26H32N4O5. The van der Waals surface area contributed by atoms with Crippen molar-refractivity contribution in [1.82, 2.24) is 15.5 Å². The molecule has 1 atom stereocenters. The zero-order chi connectivity index (χ0) is 24.8. The van der Waals surface area contributed by atoms with Crippen LogP contribution in [0.2, 0.25) is 0 Å². The van der Waals surface area contributed by atoms with Crippen molar-refractivity contribution < 1.29 is 23.8 Å². The number of hydrogen-bond acceptors (Lipinski definition) is 7. The molecule has 0 bridgehead atoms. The van der Waals surface area contributed by atoms with E-state index in [0.717, 1.165) is 43.2 Å². The van der Waals surface area contributed by atoms with E-state index in [9.17, 15) is 9.59 Å². The third kappa shape index (κ3) is 5.68. The van der Waals surface area contributed by atoms with Crippen molar-refractivity contribution in [3.63, 3.8) is 0 Å². The fraction of sp³-hybridized carbons (Fsp3) is 0.385. The Morgan fingerprint density at radius 1 is 1.00 bits per heavy atom. The van der Waals surface area contributed by atoms with Crippen LogP contribution in [-0.4, -0.2) is 70.5 Å². The van der Waals surface area contributed by atoms with E-state index in [1.54, 1.807) is 21.1 Å². The van der Waals surface area contributed by atoms with Crippen molar-refractivity contribution in [2.75, 3.05) is 58.5 Å². The summed E-state index contributed by atoms with van der Waals surface area (Å²) < 4.78 is 16.1. The smallest absolute Gasteiger partial charge is 0.338 e. The number of anilines is 1. The number of nitrogens with zero attached hydrogens (tertiary/aromatic N) is 2. The number of hydrogen-bond donors (Lipinski definition) is 2. The summed E-state index contributed by atoms with van der Waals surface area (Å²) in [7, 11) is 3.25. The molecule has 0 spiro atoms. The Balaban J connectivity index is 1.55. The van der Waals surface area contributed by atoms with Gasteiger partial charge in [-0.3, -0.25) is 4.90 Å². The summed E-state index contributed by atoms with van der Waals surface area (Å²) in [5, 5.41) is 5.74. The Kier molecular flexibility index (Phi) is 7.77. The van der Waals surface area contributed by atoms with Crippen molar-refractivity contribution in [3.05, 3.63) is 65.4 Å². The van der Waals surface area contributed by atoms with E-state index in [0.29, 0.717) is 23.6 Å². The molecule has 35 heavy (non-hydrogen) atoms. The number of benzene rings is 2. The summed E-state index contributed by atoms with van der Waals surface area (Å²) in [5.74, 6) is 1.03. The summed E-state index contributed by atoms with van der Waals surface area (Å²) in [6.07, 6.45) is 0. The Morgan fingerprint density at radius 2 is 1.69 bits per heavy atom. The van der Waals surface area contributed by atoms with Gasteiger partial charge in [0.2, 0.25) is 0 Å². The Morgan fingerprint density at radius 3 is 2.37 bits per heavy atom. The van der Waals surface area contributed by atoms with E-state index in [2.05, 4.69) is 26.5 Å². The predicted octanol–water partition coefficient (Wildman–Crippen LogP) is 2.70. The first-order valence-corrected chi connectivity index (χ1v) is 11.7. The number of rotatable bonds is 8. The molecule has 2 aliphatic rings. The van der Waals surface area contributed by atoms with Gasteiger partial charge in [0.05, 0.1) is 32.4 Å². The third-order valence-corrected chi connectivity index (χ3v) is 6.25. The van der Waals surface area contributed by atoms with E-state index in [-0.39, 0.29) is 12.6 Å². The van der Waals surface area contributed by atoms with Crippen LogP contribution >= 0.6 is 0 Å². The molecule has 2 heterocycles. The summed E-state index contributed by atoms with van der Waals surface area (Å²) in [5.41, 5.74) is 2.84. The minimum absolute atomic E-state index is 0.244. The molecule has 1 fully saturated rings. The highest BCUT2D eigenvalue weighted by molar-refractivity contribution is 5.95. The lowest BCUT2D eigenvalue weighted by Crippen LogP contribution is -2.51. The number of amides is 2. The van der Waals surface area contributed by atoms with Gasteiger partial charge in [0, 0.05) is 50.2 Å². The first kappa shape index (κ1) is 24.4. The van der Waals surface area contributed by atoms with Gasteiger partial charge >= 0.3 is 12.0 Å². The van der Waals surface area contributed by atoms with Crippen LogP contribution in [0.1, 0.15) is 18.5 Å². The number of piperazine rings is 1. The summed E-state index contributed by atoms with van der Waals surface area (Å²) in [6.45, 7) is 5.65. The lowest BCUT2D eigenvalue weighted by atomic mass is 9.94. The van der Waals surface area contributed by atoms with Crippen LogP contribution in [0.25, 0.3) is 0 Å². The van der Waals surface area contributed by atoms with Gasteiger partial charge in [0.1, 0.15) is 11.5 Å². The van der Waals surface area contributed by atoms with E-state index < -0.39 is 12.0 Å². The maximum atomic E-state index is 13.1. The average Bonchev–Trinajstić information content (AvgIpc) is 2.89. The van der Waals surface area contributed by atoms with E-state index >= 15 is 0 Å². The molecule has 2 aromatic carbocycles. The second-order valence-corrected chi connectivity index (χ2v) is 8.39. The van der Waals surface area contributed by atoms with Crippen molar-refractivity contribution in [1.29, 1.82) is 0 Å². The van der Waals surface area contributed by atoms with Crippen LogP contribution in [-0.2, 0) is 9.53 Å². The molecule has 2 aliphatic heterocycles. The van der Waals surface area contributed by atoms with Crippen molar-refractivity contribution in [2.45, 2.75) is 13.0 Å². The second kappa shape index (κ2) is 11.1. The number of carbonyl (C=O) groups is 2. The minimum Gasteiger partial charge on any atom is -0.497 e.